The smallest absolute Gasteiger partial charge is 0.241 e. The van der Waals surface area contributed by atoms with Gasteiger partial charge in [-0.05, 0) is 46.3 Å². The van der Waals surface area contributed by atoms with Crippen molar-refractivity contribution in [3.63, 3.8) is 0 Å². The highest BCUT2D eigenvalue weighted by Crippen LogP contribution is 2.21. The lowest BCUT2D eigenvalue weighted by Gasteiger charge is -2.08. The molecule has 0 bridgehead atoms. The molecule has 8 heteroatoms. The molecule has 1 N–H and O–H groups in total. The van der Waals surface area contributed by atoms with Crippen LogP contribution in [0.1, 0.15) is 0 Å². The summed E-state index contributed by atoms with van der Waals surface area (Å²) in [6, 6.07) is 7.83. The van der Waals surface area contributed by atoms with Crippen molar-refractivity contribution in [3.8, 4) is 5.95 Å². The molecule has 3 aromatic rings. The zero-order chi connectivity index (χ0) is 13.9. The van der Waals surface area contributed by atoms with E-state index in [9.17, 15) is 0 Å². The Labute approximate surface area is 133 Å². The van der Waals surface area contributed by atoms with Crippen LogP contribution in [-0.2, 0) is 0 Å². The van der Waals surface area contributed by atoms with E-state index in [1.807, 2.05) is 24.3 Å². The van der Waals surface area contributed by atoms with Gasteiger partial charge in [0.2, 0.25) is 17.2 Å². The van der Waals surface area contributed by atoms with E-state index < -0.39 is 0 Å². The van der Waals surface area contributed by atoms with Crippen LogP contribution in [0, 0.1) is 3.57 Å². The monoisotopic (exact) mass is 398 g/mol. The van der Waals surface area contributed by atoms with Crippen LogP contribution in [0.5, 0.6) is 0 Å². The first kappa shape index (κ1) is 13.3. The molecule has 0 saturated carbocycles. The van der Waals surface area contributed by atoms with Crippen LogP contribution in [0.15, 0.2) is 43.0 Å². The van der Waals surface area contributed by atoms with Crippen molar-refractivity contribution in [2.75, 3.05) is 5.32 Å². The minimum atomic E-state index is 0.122. The lowest BCUT2D eigenvalue weighted by molar-refractivity contribution is 0.899. The highest BCUT2D eigenvalue weighted by Gasteiger charge is 2.08. The highest BCUT2D eigenvalue weighted by molar-refractivity contribution is 14.1. The topological polar surface area (TPSA) is 68.5 Å². The highest BCUT2D eigenvalue weighted by atomic mass is 127. The summed E-state index contributed by atoms with van der Waals surface area (Å²) in [4.78, 5) is 16.4. The second kappa shape index (κ2) is 5.71. The Balaban J connectivity index is 1.97. The molecule has 0 radical (unpaired) electrons. The first-order valence-corrected chi connectivity index (χ1v) is 7.09. The fraction of sp³-hybridized carbons (Fsp3) is 0. The summed E-state index contributed by atoms with van der Waals surface area (Å²) in [5, 5.41) is 3.25. The molecule has 20 heavy (non-hydrogen) atoms. The van der Waals surface area contributed by atoms with Crippen molar-refractivity contribution in [3.05, 3.63) is 51.8 Å². The van der Waals surface area contributed by atoms with Gasteiger partial charge in [-0.3, -0.25) is 4.57 Å². The van der Waals surface area contributed by atoms with E-state index in [0.717, 1.165) is 9.26 Å². The molecular weight excluding hydrogens is 391 g/mol. The largest absolute Gasteiger partial charge is 0.323 e. The summed E-state index contributed by atoms with van der Waals surface area (Å²) >= 11 is 8.17. The Hall–Kier alpha value is -1.74. The van der Waals surface area contributed by atoms with E-state index in [1.165, 1.54) is 0 Å². The number of anilines is 2. The molecule has 2 heterocycles. The predicted octanol–water partition coefficient (Wildman–Crippen LogP) is 3.06. The maximum Gasteiger partial charge on any atom is 0.241 e. The zero-order valence-electron chi connectivity index (χ0n) is 10.0. The van der Waals surface area contributed by atoms with Gasteiger partial charge in [0.1, 0.15) is 6.33 Å². The fourth-order valence-corrected chi connectivity index (χ4v) is 2.25. The number of hydrogen-bond acceptors (Lipinski definition) is 5. The maximum absolute atomic E-state index is 5.94. The Bertz CT molecular complexity index is 731. The summed E-state index contributed by atoms with van der Waals surface area (Å²) < 4.78 is 2.72. The van der Waals surface area contributed by atoms with Crippen molar-refractivity contribution >= 4 is 45.8 Å². The molecule has 0 saturated heterocycles. The van der Waals surface area contributed by atoms with Gasteiger partial charge in [-0.25, -0.2) is 4.98 Å². The first-order valence-electron chi connectivity index (χ1n) is 5.64. The molecule has 6 nitrogen and oxygen atoms in total. The van der Waals surface area contributed by atoms with Gasteiger partial charge < -0.3 is 5.32 Å². The number of halogens is 2. The van der Waals surface area contributed by atoms with Crippen LogP contribution in [0.25, 0.3) is 5.95 Å². The summed E-state index contributed by atoms with van der Waals surface area (Å²) in [5.74, 6) is 0.800. The van der Waals surface area contributed by atoms with Crippen molar-refractivity contribution in [1.29, 1.82) is 0 Å². The van der Waals surface area contributed by atoms with Crippen LogP contribution >= 0.6 is 34.2 Å². The molecule has 0 unspecified atom stereocenters. The SMILES string of the molecule is Clc1nc(Nc2ccccc2I)nc(-n2ccnc2)n1. The average molecular weight is 399 g/mol. The third kappa shape index (κ3) is 2.88. The number of para-hydroxylation sites is 1. The normalized spacial score (nSPS) is 10.5. The summed E-state index contributed by atoms with van der Waals surface area (Å²) in [5.41, 5.74) is 0.909. The minimum absolute atomic E-state index is 0.122. The fourth-order valence-electron chi connectivity index (χ4n) is 1.57. The molecule has 0 fully saturated rings. The zero-order valence-corrected chi connectivity index (χ0v) is 12.9. The van der Waals surface area contributed by atoms with Crippen LogP contribution < -0.4 is 5.32 Å². The standard InChI is InChI=1S/C12H8ClIN6/c13-10-17-11(16-9-4-2-1-3-8(9)14)19-12(18-10)20-6-5-15-7-20/h1-7H,(H,16,17,18,19). The Morgan fingerprint density at radius 1 is 1.15 bits per heavy atom. The van der Waals surface area contributed by atoms with Gasteiger partial charge in [-0.2, -0.15) is 15.0 Å². The van der Waals surface area contributed by atoms with E-state index in [-0.39, 0.29) is 5.28 Å². The molecule has 0 aliphatic rings. The van der Waals surface area contributed by atoms with Crippen molar-refractivity contribution in [1.82, 2.24) is 24.5 Å². The van der Waals surface area contributed by atoms with Gasteiger partial charge in [-0.15, -0.1) is 0 Å². The number of aromatic nitrogens is 5. The molecule has 1 aromatic carbocycles. The second-order valence-electron chi connectivity index (χ2n) is 3.80. The minimum Gasteiger partial charge on any atom is -0.323 e. The van der Waals surface area contributed by atoms with Crippen molar-refractivity contribution < 1.29 is 0 Å². The number of nitrogens with one attached hydrogen (secondary N) is 1. The van der Waals surface area contributed by atoms with Gasteiger partial charge >= 0.3 is 0 Å². The number of nitrogens with zero attached hydrogens (tertiary/aromatic N) is 5. The Kier molecular flexibility index (Phi) is 3.79. The predicted molar refractivity (Wildman–Crippen MR) is 84.4 cm³/mol. The van der Waals surface area contributed by atoms with E-state index >= 15 is 0 Å². The van der Waals surface area contributed by atoms with Crippen LogP contribution in [0.3, 0.4) is 0 Å². The molecule has 3 rings (SSSR count). The van der Waals surface area contributed by atoms with Gasteiger partial charge in [0.25, 0.3) is 0 Å². The average Bonchev–Trinajstić information content (AvgIpc) is 2.95. The summed E-state index contributed by atoms with van der Waals surface area (Å²) in [7, 11) is 0. The van der Waals surface area contributed by atoms with Gasteiger partial charge in [-0.1, -0.05) is 12.1 Å². The lowest BCUT2D eigenvalue weighted by atomic mass is 10.3. The van der Waals surface area contributed by atoms with Crippen LogP contribution in [-0.4, -0.2) is 24.5 Å². The Morgan fingerprint density at radius 3 is 2.75 bits per heavy atom. The van der Waals surface area contributed by atoms with E-state index in [0.29, 0.717) is 11.9 Å². The molecule has 100 valence electrons. The van der Waals surface area contributed by atoms with Gasteiger partial charge in [0, 0.05) is 16.0 Å². The van der Waals surface area contributed by atoms with Gasteiger partial charge in [0.15, 0.2) is 0 Å². The second-order valence-corrected chi connectivity index (χ2v) is 5.30. The van der Waals surface area contributed by atoms with Crippen LogP contribution in [0.2, 0.25) is 5.28 Å². The molecular formula is C12H8ClIN6. The number of hydrogen-bond donors (Lipinski definition) is 1. The van der Waals surface area contributed by atoms with E-state index in [2.05, 4.69) is 47.8 Å². The van der Waals surface area contributed by atoms with Gasteiger partial charge in [0.05, 0.1) is 5.69 Å². The molecule has 0 spiro atoms. The molecule has 0 aliphatic carbocycles. The van der Waals surface area contributed by atoms with Crippen LogP contribution in [0.4, 0.5) is 11.6 Å². The molecule has 0 aliphatic heterocycles. The Morgan fingerprint density at radius 2 is 2.00 bits per heavy atom. The molecule has 0 atom stereocenters. The maximum atomic E-state index is 5.94. The number of imidazole rings is 1. The third-order valence-corrected chi connectivity index (χ3v) is 3.56. The third-order valence-electron chi connectivity index (χ3n) is 2.45. The van der Waals surface area contributed by atoms with E-state index in [4.69, 9.17) is 11.6 Å². The number of rotatable bonds is 3. The lowest BCUT2D eigenvalue weighted by Crippen LogP contribution is -2.05. The summed E-state index contributed by atoms with van der Waals surface area (Å²) in [6.45, 7) is 0. The molecule has 0 amide bonds. The number of benzene rings is 1. The first-order chi connectivity index (χ1) is 9.72. The quantitative estimate of drug-likeness (QED) is 0.687. The van der Waals surface area contributed by atoms with Crippen molar-refractivity contribution in [2.24, 2.45) is 0 Å². The van der Waals surface area contributed by atoms with Crippen molar-refractivity contribution in [2.45, 2.75) is 0 Å². The molecule has 2 aromatic heterocycles. The van der Waals surface area contributed by atoms with E-state index in [1.54, 1.807) is 23.3 Å². The summed E-state index contributed by atoms with van der Waals surface area (Å²) in [6.07, 6.45) is 4.98.